The highest BCUT2D eigenvalue weighted by Crippen LogP contribution is 2.38. The Bertz CT molecular complexity index is 1210. The van der Waals surface area contributed by atoms with Crippen LogP contribution in [0.5, 0.6) is 5.75 Å². The van der Waals surface area contributed by atoms with Gasteiger partial charge in [-0.05, 0) is 88.2 Å². The fourth-order valence-electron chi connectivity index (χ4n) is 3.18. The van der Waals surface area contributed by atoms with Crippen LogP contribution in [0.25, 0.3) is 6.08 Å². The molecule has 3 aromatic carbocycles. The van der Waals surface area contributed by atoms with Gasteiger partial charge in [-0.2, -0.15) is 0 Å². The number of amides is 1. The molecule has 1 fully saturated rings. The lowest BCUT2D eigenvalue weighted by Crippen LogP contribution is -2.28. The van der Waals surface area contributed by atoms with Crippen LogP contribution in [0.2, 0.25) is 5.02 Å². The number of likely N-dealkylation sites (N-methyl/N-ethyl adjacent to an activating group) is 1. The standard InChI is InChI=1S/C25H19BrClFN2O2S/c1-2-30-24(31)22(33-25(30)29-19-10-8-18(28)9-11-19)14-17-12-20(26)23(21(27)13-17)32-15-16-6-4-3-5-7-16/h3-14H,2,15H2,1H3/b22-14+,29-25?. The predicted molar refractivity (Wildman–Crippen MR) is 136 cm³/mol. The Morgan fingerprint density at radius 2 is 1.88 bits per heavy atom. The molecule has 4 rings (SSSR count). The molecule has 0 aromatic heterocycles. The number of rotatable bonds is 6. The second kappa shape index (κ2) is 10.5. The molecular weight excluding hydrogens is 527 g/mol. The van der Waals surface area contributed by atoms with Gasteiger partial charge in [-0.15, -0.1) is 0 Å². The average Bonchev–Trinajstić information content (AvgIpc) is 3.09. The summed E-state index contributed by atoms with van der Waals surface area (Å²) >= 11 is 11.3. The van der Waals surface area contributed by atoms with Crippen molar-refractivity contribution in [2.45, 2.75) is 13.5 Å². The number of ether oxygens (including phenoxy) is 1. The van der Waals surface area contributed by atoms with Crippen LogP contribution in [0, 0.1) is 5.82 Å². The van der Waals surface area contributed by atoms with Gasteiger partial charge in [-0.25, -0.2) is 9.38 Å². The average molecular weight is 546 g/mol. The zero-order valence-electron chi connectivity index (χ0n) is 17.6. The lowest BCUT2D eigenvalue weighted by Gasteiger charge is -2.12. The zero-order chi connectivity index (χ0) is 23.4. The second-order valence-electron chi connectivity index (χ2n) is 7.12. The molecule has 1 amide bonds. The molecule has 0 N–H and O–H groups in total. The highest BCUT2D eigenvalue weighted by molar-refractivity contribution is 9.10. The van der Waals surface area contributed by atoms with E-state index in [2.05, 4.69) is 20.9 Å². The Morgan fingerprint density at radius 1 is 1.15 bits per heavy atom. The van der Waals surface area contributed by atoms with Gasteiger partial charge in [-0.1, -0.05) is 41.9 Å². The van der Waals surface area contributed by atoms with Crippen molar-refractivity contribution in [1.29, 1.82) is 0 Å². The zero-order valence-corrected chi connectivity index (χ0v) is 20.8. The predicted octanol–water partition coefficient (Wildman–Crippen LogP) is 7.44. The van der Waals surface area contributed by atoms with Gasteiger partial charge in [0.25, 0.3) is 5.91 Å². The maximum absolute atomic E-state index is 13.2. The molecule has 1 heterocycles. The van der Waals surface area contributed by atoms with Gasteiger partial charge in [0.2, 0.25) is 0 Å². The molecule has 33 heavy (non-hydrogen) atoms. The maximum atomic E-state index is 13.2. The van der Waals surface area contributed by atoms with Crippen molar-refractivity contribution in [2.75, 3.05) is 6.54 Å². The van der Waals surface area contributed by atoms with Gasteiger partial charge < -0.3 is 4.74 Å². The number of aliphatic imine (C=N–C) groups is 1. The molecule has 4 nitrogen and oxygen atoms in total. The molecule has 0 spiro atoms. The number of carbonyl (C=O) groups excluding carboxylic acids is 1. The Labute approximate surface area is 209 Å². The normalized spacial score (nSPS) is 16.1. The van der Waals surface area contributed by atoms with E-state index in [1.54, 1.807) is 29.2 Å². The van der Waals surface area contributed by atoms with Crippen molar-refractivity contribution in [3.8, 4) is 5.75 Å². The molecular formula is C25H19BrClFN2O2S. The molecule has 1 saturated heterocycles. The number of thioether (sulfide) groups is 1. The quantitative estimate of drug-likeness (QED) is 0.302. The number of halogens is 3. The summed E-state index contributed by atoms with van der Waals surface area (Å²) in [5, 5.41) is 0.989. The minimum absolute atomic E-state index is 0.139. The third kappa shape index (κ3) is 5.66. The molecule has 0 atom stereocenters. The van der Waals surface area contributed by atoms with Crippen LogP contribution in [0.1, 0.15) is 18.1 Å². The van der Waals surface area contributed by atoms with Gasteiger partial charge >= 0.3 is 0 Å². The first kappa shape index (κ1) is 23.5. The van der Waals surface area contributed by atoms with E-state index in [1.165, 1.54) is 23.9 Å². The summed E-state index contributed by atoms with van der Waals surface area (Å²) in [6.07, 6.45) is 1.78. The summed E-state index contributed by atoms with van der Waals surface area (Å²) in [4.78, 5) is 19.6. The number of carbonyl (C=O) groups is 1. The SMILES string of the molecule is CCN1C(=O)/C(=C\c2cc(Cl)c(OCc3ccccc3)c(Br)c2)SC1=Nc1ccc(F)cc1. The van der Waals surface area contributed by atoms with Crippen LogP contribution in [-0.4, -0.2) is 22.5 Å². The molecule has 3 aromatic rings. The van der Waals surface area contributed by atoms with Crippen molar-refractivity contribution in [1.82, 2.24) is 4.90 Å². The first-order chi connectivity index (χ1) is 15.9. The van der Waals surface area contributed by atoms with Gasteiger partial charge in [0, 0.05) is 6.54 Å². The van der Waals surface area contributed by atoms with E-state index in [1.807, 2.05) is 43.3 Å². The number of nitrogens with zero attached hydrogens (tertiary/aromatic N) is 2. The summed E-state index contributed by atoms with van der Waals surface area (Å²) in [6, 6.07) is 19.3. The number of amidine groups is 1. The maximum Gasteiger partial charge on any atom is 0.266 e. The van der Waals surface area contributed by atoms with Crippen LogP contribution in [0.3, 0.4) is 0 Å². The van der Waals surface area contributed by atoms with Crippen LogP contribution < -0.4 is 4.74 Å². The lowest BCUT2D eigenvalue weighted by molar-refractivity contribution is -0.122. The second-order valence-corrected chi connectivity index (χ2v) is 9.39. The Balaban J connectivity index is 1.56. The summed E-state index contributed by atoms with van der Waals surface area (Å²) in [5.41, 5.74) is 2.37. The molecule has 0 unspecified atom stereocenters. The summed E-state index contributed by atoms with van der Waals surface area (Å²) in [5.74, 6) is 0.0718. The fourth-order valence-corrected chi connectivity index (χ4v) is 5.23. The highest BCUT2D eigenvalue weighted by atomic mass is 79.9. The topological polar surface area (TPSA) is 41.9 Å². The third-order valence-corrected chi connectivity index (χ3v) is 6.68. The Kier molecular flexibility index (Phi) is 7.53. The van der Waals surface area contributed by atoms with Gasteiger partial charge in [0.1, 0.15) is 12.4 Å². The number of hydrogen-bond acceptors (Lipinski definition) is 4. The highest BCUT2D eigenvalue weighted by Gasteiger charge is 2.32. The monoisotopic (exact) mass is 544 g/mol. The summed E-state index contributed by atoms with van der Waals surface area (Å²) in [7, 11) is 0. The first-order valence-electron chi connectivity index (χ1n) is 10.2. The van der Waals surface area contributed by atoms with Gasteiger partial charge in [-0.3, -0.25) is 9.69 Å². The van der Waals surface area contributed by atoms with E-state index < -0.39 is 0 Å². The van der Waals surface area contributed by atoms with Gasteiger partial charge in [0.05, 0.1) is 20.1 Å². The van der Waals surface area contributed by atoms with Crippen LogP contribution >= 0.6 is 39.3 Å². The van der Waals surface area contributed by atoms with E-state index in [4.69, 9.17) is 16.3 Å². The minimum Gasteiger partial charge on any atom is -0.486 e. The van der Waals surface area contributed by atoms with Crippen molar-refractivity contribution in [3.63, 3.8) is 0 Å². The first-order valence-corrected chi connectivity index (χ1v) is 12.1. The number of benzene rings is 3. The van der Waals surface area contributed by atoms with Crippen molar-refractivity contribution in [2.24, 2.45) is 4.99 Å². The molecule has 1 aliphatic heterocycles. The van der Waals surface area contributed by atoms with Crippen molar-refractivity contribution >= 4 is 62.1 Å². The molecule has 0 bridgehead atoms. The molecule has 0 aliphatic carbocycles. The molecule has 168 valence electrons. The Morgan fingerprint density at radius 3 is 2.55 bits per heavy atom. The smallest absolute Gasteiger partial charge is 0.266 e. The van der Waals surface area contributed by atoms with E-state index in [-0.39, 0.29) is 11.7 Å². The molecule has 0 radical (unpaired) electrons. The Hall–Kier alpha value is -2.61. The number of hydrogen-bond donors (Lipinski definition) is 0. The molecule has 0 saturated carbocycles. The van der Waals surface area contributed by atoms with E-state index in [0.717, 1.165) is 11.1 Å². The lowest BCUT2D eigenvalue weighted by atomic mass is 10.2. The van der Waals surface area contributed by atoms with Crippen molar-refractivity contribution in [3.05, 3.63) is 98.1 Å². The largest absolute Gasteiger partial charge is 0.486 e. The summed E-state index contributed by atoms with van der Waals surface area (Å²) in [6.45, 7) is 2.75. The van der Waals surface area contributed by atoms with E-state index in [9.17, 15) is 9.18 Å². The third-order valence-electron chi connectivity index (χ3n) is 4.80. The summed E-state index contributed by atoms with van der Waals surface area (Å²) < 4.78 is 19.8. The van der Waals surface area contributed by atoms with E-state index >= 15 is 0 Å². The van der Waals surface area contributed by atoms with Gasteiger partial charge in [0.15, 0.2) is 10.9 Å². The van der Waals surface area contributed by atoms with Crippen molar-refractivity contribution < 1.29 is 13.9 Å². The minimum atomic E-state index is -0.333. The molecule has 1 aliphatic rings. The van der Waals surface area contributed by atoms with Crippen LogP contribution in [0.4, 0.5) is 10.1 Å². The fraction of sp³-hybridized carbons (Fsp3) is 0.120. The van der Waals surface area contributed by atoms with Crippen LogP contribution in [0.15, 0.2) is 81.1 Å². The van der Waals surface area contributed by atoms with Crippen LogP contribution in [-0.2, 0) is 11.4 Å². The molecule has 8 heteroatoms. The van der Waals surface area contributed by atoms with E-state index in [0.29, 0.717) is 44.2 Å².